The van der Waals surface area contributed by atoms with Crippen LogP contribution in [0.15, 0.2) is 47.8 Å². The van der Waals surface area contributed by atoms with Crippen LogP contribution in [-0.4, -0.2) is 21.1 Å². The smallest absolute Gasteiger partial charge is 0.188 e. The number of rotatable bonds is 4. The van der Waals surface area contributed by atoms with Crippen LogP contribution in [0.1, 0.15) is 11.3 Å². The van der Waals surface area contributed by atoms with E-state index in [9.17, 15) is 0 Å². The zero-order valence-electron chi connectivity index (χ0n) is 10.0. The third-order valence-electron chi connectivity index (χ3n) is 2.45. The third kappa shape index (κ3) is 3.20. The monoisotopic (exact) mass is 259 g/mol. The molecule has 0 spiro atoms. The molecule has 2 aromatic rings. The van der Waals surface area contributed by atoms with E-state index in [-0.39, 0.29) is 12.4 Å². The highest BCUT2D eigenvalue weighted by atomic mass is 16.5. The van der Waals surface area contributed by atoms with Crippen molar-refractivity contribution in [2.24, 2.45) is 10.9 Å². The number of nitrogens with zero attached hydrogens (tertiary/aromatic N) is 2. The van der Waals surface area contributed by atoms with Crippen molar-refractivity contribution < 1.29 is 15.1 Å². The Morgan fingerprint density at radius 2 is 1.84 bits per heavy atom. The lowest BCUT2D eigenvalue weighted by Gasteiger charge is -2.06. The number of aliphatic hydroxyl groups is 1. The molecule has 6 heteroatoms. The van der Waals surface area contributed by atoms with E-state index in [1.807, 2.05) is 0 Å². The van der Waals surface area contributed by atoms with Crippen LogP contribution in [-0.2, 0) is 6.61 Å². The van der Waals surface area contributed by atoms with Gasteiger partial charge in [-0.25, -0.2) is 4.98 Å². The number of hydrogen-bond acceptors (Lipinski definition) is 5. The highest BCUT2D eigenvalue weighted by Crippen LogP contribution is 2.21. The van der Waals surface area contributed by atoms with Crippen molar-refractivity contribution >= 4 is 5.84 Å². The molecular formula is C13H13N3O3. The molecule has 1 aromatic heterocycles. The standard InChI is InChI=1S/C13H13N3O3/c14-13(16-18)12-6-5-11(7-15-12)19-10-3-1-9(8-17)2-4-10/h1-7,17-18H,8H2,(H2,14,16). The molecule has 0 fully saturated rings. The molecule has 98 valence electrons. The summed E-state index contributed by atoms with van der Waals surface area (Å²) >= 11 is 0. The van der Waals surface area contributed by atoms with Gasteiger partial charge >= 0.3 is 0 Å². The molecule has 0 amide bonds. The predicted molar refractivity (Wildman–Crippen MR) is 69.2 cm³/mol. The largest absolute Gasteiger partial charge is 0.456 e. The Morgan fingerprint density at radius 3 is 2.37 bits per heavy atom. The van der Waals surface area contributed by atoms with Gasteiger partial charge in [-0.15, -0.1) is 0 Å². The molecule has 6 nitrogen and oxygen atoms in total. The van der Waals surface area contributed by atoms with Crippen molar-refractivity contribution in [1.82, 2.24) is 4.98 Å². The molecule has 0 aliphatic carbocycles. The molecule has 1 aromatic carbocycles. The van der Waals surface area contributed by atoms with Crippen LogP contribution in [0.25, 0.3) is 0 Å². The lowest BCUT2D eigenvalue weighted by atomic mass is 10.2. The number of benzene rings is 1. The first-order valence-electron chi connectivity index (χ1n) is 5.54. The van der Waals surface area contributed by atoms with Crippen molar-refractivity contribution in [2.45, 2.75) is 6.61 Å². The fraction of sp³-hybridized carbons (Fsp3) is 0.0769. The van der Waals surface area contributed by atoms with Crippen LogP contribution in [0.5, 0.6) is 11.5 Å². The number of aliphatic hydroxyl groups excluding tert-OH is 1. The van der Waals surface area contributed by atoms with Crippen molar-refractivity contribution in [1.29, 1.82) is 0 Å². The summed E-state index contributed by atoms with van der Waals surface area (Å²) in [5, 5.41) is 20.3. The topological polar surface area (TPSA) is 101 Å². The highest BCUT2D eigenvalue weighted by Gasteiger charge is 2.02. The zero-order valence-corrected chi connectivity index (χ0v) is 10.0. The molecule has 0 bridgehead atoms. The Hall–Kier alpha value is -2.60. The maximum Gasteiger partial charge on any atom is 0.188 e. The fourth-order valence-electron chi connectivity index (χ4n) is 1.44. The van der Waals surface area contributed by atoms with Gasteiger partial charge in [0.15, 0.2) is 5.84 Å². The van der Waals surface area contributed by atoms with E-state index >= 15 is 0 Å². The van der Waals surface area contributed by atoms with Crippen LogP contribution in [0.2, 0.25) is 0 Å². The number of oxime groups is 1. The van der Waals surface area contributed by atoms with Crippen molar-refractivity contribution in [3.05, 3.63) is 53.9 Å². The lowest BCUT2D eigenvalue weighted by molar-refractivity contribution is 0.281. The van der Waals surface area contributed by atoms with Crippen LogP contribution < -0.4 is 10.5 Å². The van der Waals surface area contributed by atoms with Gasteiger partial charge in [0, 0.05) is 0 Å². The molecule has 2 rings (SSSR count). The molecule has 0 saturated heterocycles. The number of hydrogen-bond donors (Lipinski definition) is 3. The minimum Gasteiger partial charge on any atom is -0.456 e. The van der Waals surface area contributed by atoms with E-state index in [1.54, 1.807) is 36.4 Å². The van der Waals surface area contributed by atoms with Gasteiger partial charge in [0.1, 0.15) is 17.2 Å². The average molecular weight is 259 g/mol. The minimum atomic E-state index is -0.0566. The van der Waals surface area contributed by atoms with Crippen molar-refractivity contribution in [2.75, 3.05) is 0 Å². The number of nitrogens with two attached hydrogens (primary N) is 1. The quantitative estimate of drug-likeness (QED) is 0.334. The van der Waals surface area contributed by atoms with E-state index in [4.69, 9.17) is 20.8 Å². The third-order valence-corrected chi connectivity index (χ3v) is 2.45. The minimum absolute atomic E-state index is 0.00367. The second kappa shape index (κ2) is 5.83. The Kier molecular flexibility index (Phi) is 3.94. The maximum absolute atomic E-state index is 8.93. The van der Waals surface area contributed by atoms with Crippen LogP contribution in [0, 0.1) is 0 Å². The first-order valence-corrected chi connectivity index (χ1v) is 5.54. The maximum atomic E-state index is 8.93. The number of aromatic nitrogens is 1. The summed E-state index contributed by atoms with van der Waals surface area (Å²) in [6, 6.07) is 10.3. The van der Waals surface area contributed by atoms with E-state index in [1.165, 1.54) is 6.20 Å². The Balaban J connectivity index is 2.10. The predicted octanol–water partition coefficient (Wildman–Crippen LogP) is 1.46. The SMILES string of the molecule is N/C(=N/O)c1ccc(Oc2ccc(CO)cc2)cn1. The lowest BCUT2D eigenvalue weighted by Crippen LogP contribution is -2.14. The Labute approximate surface area is 109 Å². The number of ether oxygens (including phenoxy) is 1. The highest BCUT2D eigenvalue weighted by molar-refractivity contribution is 5.95. The van der Waals surface area contributed by atoms with Gasteiger partial charge in [0.2, 0.25) is 0 Å². The summed E-state index contributed by atoms with van der Waals surface area (Å²) in [5.74, 6) is 1.11. The molecule has 0 aliphatic heterocycles. The molecular weight excluding hydrogens is 246 g/mol. The molecule has 0 unspecified atom stereocenters. The Morgan fingerprint density at radius 1 is 1.16 bits per heavy atom. The van der Waals surface area contributed by atoms with E-state index in [0.717, 1.165) is 5.56 Å². The molecule has 19 heavy (non-hydrogen) atoms. The molecule has 1 heterocycles. The summed E-state index contributed by atoms with van der Waals surface area (Å²) in [6.07, 6.45) is 1.48. The molecule has 0 radical (unpaired) electrons. The summed E-state index contributed by atoms with van der Waals surface area (Å²) < 4.78 is 5.56. The summed E-state index contributed by atoms with van der Waals surface area (Å²) in [5.41, 5.74) is 6.58. The number of amidine groups is 1. The summed E-state index contributed by atoms with van der Waals surface area (Å²) in [6.45, 7) is -0.00367. The van der Waals surface area contributed by atoms with E-state index < -0.39 is 0 Å². The second-order valence-corrected chi connectivity index (χ2v) is 3.77. The van der Waals surface area contributed by atoms with Gasteiger partial charge in [-0.3, -0.25) is 0 Å². The fourth-order valence-corrected chi connectivity index (χ4v) is 1.44. The first-order chi connectivity index (χ1) is 9.22. The van der Waals surface area contributed by atoms with Crippen molar-refractivity contribution in [3.63, 3.8) is 0 Å². The molecule has 0 aliphatic rings. The number of pyridine rings is 1. The molecule has 0 atom stereocenters. The van der Waals surface area contributed by atoms with Gasteiger partial charge in [0.05, 0.1) is 12.8 Å². The van der Waals surface area contributed by atoms with E-state index in [2.05, 4.69) is 10.1 Å². The van der Waals surface area contributed by atoms with Gasteiger partial charge < -0.3 is 20.8 Å². The van der Waals surface area contributed by atoms with Gasteiger partial charge in [-0.05, 0) is 29.8 Å². The van der Waals surface area contributed by atoms with Crippen LogP contribution in [0.4, 0.5) is 0 Å². The van der Waals surface area contributed by atoms with Crippen LogP contribution >= 0.6 is 0 Å². The van der Waals surface area contributed by atoms with Gasteiger partial charge in [-0.2, -0.15) is 0 Å². The van der Waals surface area contributed by atoms with E-state index in [0.29, 0.717) is 17.2 Å². The molecule has 4 N–H and O–H groups in total. The second-order valence-electron chi connectivity index (χ2n) is 3.77. The first kappa shape index (κ1) is 12.8. The normalized spacial score (nSPS) is 11.3. The van der Waals surface area contributed by atoms with Gasteiger partial charge in [-0.1, -0.05) is 17.3 Å². The summed E-state index contributed by atoms with van der Waals surface area (Å²) in [4.78, 5) is 4.00. The zero-order chi connectivity index (χ0) is 13.7. The van der Waals surface area contributed by atoms with Crippen molar-refractivity contribution in [3.8, 4) is 11.5 Å². The average Bonchev–Trinajstić information content (AvgIpc) is 2.48. The summed E-state index contributed by atoms with van der Waals surface area (Å²) in [7, 11) is 0. The van der Waals surface area contributed by atoms with Gasteiger partial charge in [0.25, 0.3) is 0 Å². The molecule has 0 saturated carbocycles. The van der Waals surface area contributed by atoms with Crippen LogP contribution in [0.3, 0.4) is 0 Å². The Bertz CT molecular complexity index is 565.